The van der Waals surface area contributed by atoms with Crippen LogP contribution < -0.4 is 5.56 Å². The quantitative estimate of drug-likeness (QED) is 0.701. The Morgan fingerprint density at radius 2 is 2.00 bits per heavy atom. The Balaban J connectivity index is 2.05. The van der Waals surface area contributed by atoms with Crippen molar-refractivity contribution in [2.75, 3.05) is 6.26 Å². The summed E-state index contributed by atoms with van der Waals surface area (Å²) in [5.41, 5.74) is 0.163. The van der Waals surface area contributed by atoms with Crippen LogP contribution in [0.1, 0.15) is 29.8 Å². The van der Waals surface area contributed by atoms with Crippen molar-refractivity contribution < 1.29 is 8.42 Å². The molecule has 0 amide bonds. The molecule has 0 bridgehead atoms. The molecule has 0 saturated carbocycles. The molecule has 0 atom stereocenters. The predicted molar refractivity (Wildman–Crippen MR) is 92.2 cm³/mol. The van der Waals surface area contributed by atoms with E-state index in [9.17, 15) is 13.2 Å². The van der Waals surface area contributed by atoms with Gasteiger partial charge in [0.1, 0.15) is 10.0 Å². The monoisotopic (exact) mass is 364 g/mol. The lowest BCUT2D eigenvalue weighted by atomic mass is 10.2. The Kier molecular flexibility index (Phi) is 4.22. The molecule has 0 aliphatic heterocycles. The summed E-state index contributed by atoms with van der Waals surface area (Å²) in [6, 6.07) is 4.36. The molecule has 3 rings (SSSR count). The Labute approximate surface area is 142 Å². The van der Waals surface area contributed by atoms with E-state index >= 15 is 0 Å². The molecular formula is C15H16N4O3S2. The van der Waals surface area contributed by atoms with E-state index in [-0.39, 0.29) is 28.3 Å². The standard InChI is InChI=1S/C15H16N4O3S2/c1-9(2)14-18-17-13(23-14)7-19-8-16-12-5-4-10(24(3,21)22)6-11(12)15(19)20/h4-6,8-9H,7H2,1-3H3. The van der Waals surface area contributed by atoms with E-state index in [0.29, 0.717) is 10.5 Å². The SMILES string of the molecule is CC(C)c1nnc(Cn2cnc3ccc(S(C)(=O)=O)cc3c2=O)s1. The van der Waals surface area contributed by atoms with Gasteiger partial charge in [-0.25, -0.2) is 13.4 Å². The Morgan fingerprint density at radius 1 is 1.25 bits per heavy atom. The fraction of sp³-hybridized carbons (Fsp3) is 0.333. The van der Waals surface area contributed by atoms with E-state index in [2.05, 4.69) is 15.2 Å². The zero-order valence-corrected chi connectivity index (χ0v) is 15.1. The highest BCUT2D eigenvalue weighted by atomic mass is 32.2. The minimum Gasteiger partial charge on any atom is -0.292 e. The van der Waals surface area contributed by atoms with Crippen LogP contribution in [0.25, 0.3) is 10.9 Å². The third-order valence-electron chi connectivity index (χ3n) is 3.51. The van der Waals surface area contributed by atoms with Gasteiger partial charge in [0.2, 0.25) is 0 Å². The van der Waals surface area contributed by atoms with E-state index in [1.807, 2.05) is 13.8 Å². The van der Waals surface area contributed by atoms with Gasteiger partial charge >= 0.3 is 0 Å². The van der Waals surface area contributed by atoms with Gasteiger partial charge in [-0.1, -0.05) is 25.2 Å². The second-order valence-electron chi connectivity index (χ2n) is 5.82. The highest BCUT2D eigenvalue weighted by Gasteiger charge is 2.13. The second-order valence-corrected chi connectivity index (χ2v) is 8.93. The molecule has 9 heteroatoms. The molecule has 0 saturated heterocycles. The minimum atomic E-state index is -3.39. The minimum absolute atomic E-state index is 0.102. The summed E-state index contributed by atoms with van der Waals surface area (Å²) in [5.74, 6) is 0.278. The highest BCUT2D eigenvalue weighted by molar-refractivity contribution is 7.90. The first-order valence-corrected chi connectivity index (χ1v) is 9.98. The van der Waals surface area contributed by atoms with Crippen LogP contribution in [0.15, 0.2) is 34.2 Å². The topological polar surface area (TPSA) is 94.8 Å². The van der Waals surface area contributed by atoms with E-state index in [4.69, 9.17) is 0 Å². The fourth-order valence-electron chi connectivity index (χ4n) is 2.19. The second kappa shape index (κ2) is 6.06. The van der Waals surface area contributed by atoms with Crippen molar-refractivity contribution in [3.8, 4) is 0 Å². The Hall–Kier alpha value is -2.13. The smallest absolute Gasteiger partial charge is 0.261 e. The number of hydrogen-bond donors (Lipinski definition) is 0. The van der Waals surface area contributed by atoms with Crippen molar-refractivity contribution in [3.05, 3.63) is 44.9 Å². The molecule has 0 aliphatic rings. The molecule has 0 N–H and O–H groups in total. The summed E-state index contributed by atoms with van der Waals surface area (Å²) < 4.78 is 24.8. The van der Waals surface area contributed by atoms with Gasteiger partial charge in [0, 0.05) is 12.2 Å². The number of sulfone groups is 1. The van der Waals surface area contributed by atoms with Gasteiger partial charge in [0.25, 0.3) is 5.56 Å². The van der Waals surface area contributed by atoms with Crippen LogP contribution in [0.4, 0.5) is 0 Å². The van der Waals surface area contributed by atoms with Crippen LogP contribution >= 0.6 is 11.3 Å². The normalized spacial score (nSPS) is 12.2. The van der Waals surface area contributed by atoms with Gasteiger partial charge in [0.15, 0.2) is 9.84 Å². The zero-order chi connectivity index (χ0) is 17.5. The molecule has 126 valence electrons. The molecule has 0 unspecified atom stereocenters. The van der Waals surface area contributed by atoms with Gasteiger partial charge in [-0.3, -0.25) is 9.36 Å². The Morgan fingerprint density at radius 3 is 2.62 bits per heavy atom. The average molecular weight is 364 g/mol. The first kappa shape index (κ1) is 16.7. The first-order valence-electron chi connectivity index (χ1n) is 7.27. The lowest BCUT2D eigenvalue weighted by Gasteiger charge is -2.05. The third-order valence-corrected chi connectivity index (χ3v) is 5.82. The maximum atomic E-state index is 12.6. The van der Waals surface area contributed by atoms with Gasteiger partial charge in [-0.15, -0.1) is 10.2 Å². The number of aromatic nitrogens is 4. The Bertz CT molecular complexity index is 1070. The van der Waals surface area contributed by atoms with Crippen LogP contribution in [0, 0.1) is 0 Å². The van der Waals surface area contributed by atoms with Gasteiger partial charge in [0.05, 0.1) is 28.7 Å². The van der Waals surface area contributed by atoms with Crippen molar-refractivity contribution in [2.24, 2.45) is 0 Å². The molecule has 2 aromatic heterocycles. The van der Waals surface area contributed by atoms with E-state index in [0.717, 1.165) is 11.3 Å². The van der Waals surface area contributed by atoms with Crippen LogP contribution in [-0.4, -0.2) is 34.4 Å². The maximum absolute atomic E-state index is 12.6. The zero-order valence-electron chi connectivity index (χ0n) is 13.4. The number of nitrogens with zero attached hydrogens (tertiary/aromatic N) is 4. The molecule has 0 radical (unpaired) electrons. The van der Waals surface area contributed by atoms with E-state index in [1.54, 1.807) is 6.07 Å². The van der Waals surface area contributed by atoms with Crippen molar-refractivity contribution in [3.63, 3.8) is 0 Å². The van der Waals surface area contributed by atoms with Crippen molar-refractivity contribution >= 4 is 32.1 Å². The summed E-state index contributed by atoms with van der Waals surface area (Å²) >= 11 is 1.45. The van der Waals surface area contributed by atoms with Crippen LogP contribution in [0.2, 0.25) is 0 Å². The fourth-order valence-corrected chi connectivity index (χ4v) is 3.68. The lowest BCUT2D eigenvalue weighted by molar-refractivity contribution is 0.602. The first-order chi connectivity index (χ1) is 11.3. The number of benzene rings is 1. The average Bonchev–Trinajstić information content (AvgIpc) is 2.98. The summed E-state index contributed by atoms with van der Waals surface area (Å²) in [6.45, 7) is 4.32. The molecule has 2 heterocycles. The molecule has 7 nitrogen and oxygen atoms in total. The molecule has 0 spiro atoms. The number of rotatable bonds is 4. The largest absolute Gasteiger partial charge is 0.292 e. The van der Waals surface area contributed by atoms with Crippen LogP contribution in [0.5, 0.6) is 0 Å². The van der Waals surface area contributed by atoms with Crippen LogP contribution in [0.3, 0.4) is 0 Å². The molecule has 24 heavy (non-hydrogen) atoms. The molecule has 1 aromatic carbocycles. The van der Waals surface area contributed by atoms with E-state index < -0.39 is 9.84 Å². The van der Waals surface area contributed by atoms with Gasteiger partial charge in [-0.05, 0) is 18.2 Å². The molecular weight excluding hydrogens is 348 g/mol. The summed E-state index contributed by atoms with van der Waals surface area (Å²) in [5, 5.41) is 10.1. The van der Waals surface area contributed by atoms with E-state index in [1.165, 1.54) is 34.4 Å². The van der Waals surface area contributed by atoms with Crippen LogP contribution in [-0.2, 0) is 16.4 Å². The maximum Gasteiger partial charge on any atom is 0.261 e. The number of fused-ring (bicyclic) bond motifs is 1. The molecule has 3 aromatic rings. The third kappa shape index (κ3) is 3.22. The molecule has 0 fully saturated rings. The van der Waals surface area contributed by atoms with Crippen molar-refractivity contribution in [1.29, 1.82) is 0 Å². The van der Waals surface area contributed by atoms with Crippen molar-refractivity contribution in [2.45, 2.75) is 31.2 Å². The predicted octanol–water partition coefficient (Wildman–Crippen LogP) is 1.82. The molecule has 0 aliphatic carbocycles. The van der Waals surface area contributed by atoms with Crippen molar-refractivity contribution in [1.82, 2.24) is 19.7 Å². The highest BCUT2D eigenvalue weighted by Crippen LogP contribution is 2.19. The number of hydrogen-bond acceptors (Lipinski definition) is 7. The lowest BCUT2D eigenvalue weighted by Crippen LogP contribution is -2.21. The van der Waals surface area contributed by atoms with Gasteiger partial charge in [-0.2, -0.15) is 0 Å². The summed E-state index contributed by atoms with van der Waals surface area (Å²) in [4.78, 5) is 17.0. The summed E-state index contributed by atoms with van der Waals surface area (Å²) in [6.07, 6.45) is 2.55. The summed E-state index contributed by atoms with van der Waals surface area (Å²) in [7, 11) is -3.39. The van der Waals surface area contributed by atoms with Gasteiger partial charge < -0.3 is 0 Å².